The lowest BCUT2D eigenvalue weighted by Crippen LogP contribution is -2.50. The number of nitrogens with one attached hydrogen (secondary N) is 1. The number of sulfonamides is 1. The second kappa shape index (κ2) is 6.08. The molecular formula is C13H20N2O5S. The van der Waals surface area contributed by atoms with Crippen LogP contribution in [0.15, 0.2) is 17.0 Å². The quantitative estimate of drug-likeness (QED) is 0.792. The van der Waals surface area contributed by atoms with Crippen molar-refractivity contribution in [2.45, 2.75) is 29.8 Å². The Hall–Kier alpha value is -1.51. The van der Waals surface area contributed by atoms with E-state index in [0.717, 1.165) is 0 Å². The fraction of sp³-hybridized carbons (Fsp3) is 0.538. The van der Waals surface area contributed by atoms with Gasteiger partial charge in [-0.1, -0.05) is 0 Å². The van der Waals surface area contributed by atoms with Crippen LogP contribution in [0, 0.1) is 0 Å². The molecule has 1 aromatic rings. The third kappa shape index (κ3) is 3.22. The lowest BCUT2D eigenvalue weighted by atomic mass is 9.89. The molecule has 0 aliphatic heterocycles. The normalized spacial score (nSPS) is 21.5. The highest BCUT2D eigenvalue weighted by Crippen LogP contribution is 2.38. The summed E-state index contributed by atoms with van der Waals surface area (Å²) >= 11 is 0. The standard InChI is InChI=1S/C13H20N2O5S/c1-18-10-6-11(19-2)13(12(7-10)20-3)21(16,17)15-9-4-8(14)5-9/h6-9,15H,4-5,14H2,1-3H3. The van der Waals surface area contributed by atoms with E-state index in [1.165, 1.54) is 33.5 Å². The van der Waals surface area contributed by atoms with Crippen LogP contribution in [0.4, 0.5) is 0 Å². The van der Waals surface area contributed by atoms with E-state index in [0.29, 0.717) is 18.6 Å². The summed E-state index contributed by atoms with van der Waals surface area (Å²) in [5.41, 5.74) is 5.68. The molecule has 0 heterocycles. The molecule has 7 nitrogen and oxygen atoms in total. The molecule has 0 amide bonds. The first kappa shape index (κ1) is 15.9. The summed E-state index contributed by atoms with van der Waals surface area (Å²) in [5.74, 6) is 0.790. The zero-order valence-corrected chi connectivity index (χ0v) is 13.1. The highest BCUT2D eigenvalue weighted by Gasteiger charge is 2.33. The van der Waals surface area contributed by atoms with Crippen LogP contribution in [0.1, 0.15) is 12.8 Å². The molecule has 1 saturated carbocycles. The van der Waals surface area contributed by atoms with E-state index < -0.39 is 10.0 Å². The van der Waals surface area contributed by atoms with Gasteiger partial charge in [-0.15, -0.1) is 0 Å². The molecule has 8 heteroatoms. The SMILES string of the molecule is COc1cc(OC)c(S(=O)(=O)NC2CC(N)C2)c(OC)c1. The molecule has 1 aromatic carbocycles. The van der Waals surface area contributed by atoms with E-state index in [2.05, 4.69) is 4.72 Å². The summed E-state index contributed by atoms with van der Waals surface area (Å²) in [5, 5.41) is 0. The van der Waals surface area contributed by atoms with Crippen LogP contribution in [-0.4, -0.2) is 41.8 Å². The van der Waals surface area contributed by atoms with Gasteiger partial charge in [-0.25, -0.2) is 13.1 Å². The number of hydrogen-bond donors (Lipinski definition) is 2. The highest BCUT2D eigenvalue weighted by molar-refractivity contribution is 7.89. The molecule has 0 aromatic heterocycles. The number of hydrogen-bond acceptors (Lipinski definition) is 6. The van der Waals surface area contributed by atoms with Gasteiger partial charge in [0.2, 0.25) is 10.0 Å². The van der Waals surface area contributed by atoms with Crippen LogP contribution >= 0.6 is 0 Å². The smallest absolute Gasteiger partial charge is 0.248 e. The zero-order valence-electron chi connectivity index (χ0n) is 12.3. The van der Waals surface area contributed by atoms with Gasteiger partial charge in [-0.2, -0.15) is 0 Å². The van der Waals surface area contributed by atoms with Gasteiger partial charge in [-0.3, -0.25) is 0 Å². The fourth-order valence-corrected chi connectivity index (χ4v) is 3.84. The Morgan fingerprint density at radius 3 is 2.00 bits per heavy atom. The van der Waals surface area contributed by atoms with Crippen molar-refractivity contribution in [3.8, 4) is 17.2 Å². The average molecular weight is 316 g/mol. The summed E-state index contributed by atoms with van der Waals surface area (Å²) < 4.78 is 43.2. The molecule has 21 heavy (non-hydrogen) atoms. The molecule has 3 N–H and O–H groups in total. The minimum atomic E-state index is -3.77. The van der Waals surface area contributed by atoms with Crippen LogP contribution in [0.5, 0.6) is 17.2 Å². The van der Waals surface area contributed by atoms with Crippen LogP contribution < -0.4 is 24.7 Å². The van der Waals surface area contributed by atoms with Crippen molar-refractivity contribution in [3.05, 3.63) is 12.1 Å². The molecule has 0 bridgehead atoms. The summed E-state index contributed by atoms with van der Waals surface area (Å²) in [6.07, 6.45) is 1.25. The van der Waals surface area contributed by atoms with Gasteiger partial charge >= 0.3 is 0 Å². The van der Waals surface area contributed by atoms with Gasteiger partial charge < -0.3 is 19.9 Å². The van der Waals surface area contributed by atoms with Gasteiger partial charge in [0.25, 0.3) is 0 Å². The Labute approximate surface area is 124 Å². The first-order chi connectivity index (χ1) is 9.91. The number of rotatable bonds is 6. The van der Waals surface area contributed by atoms with Gasteiger partial charge in [-0.05, 0) is 12.8 Å². The Morgan fingerprint density at radius 1 is 1.10 bits per heavy atom. The maximum atomic E-state index is 12.5. The van der Waals surface area contributed by atoms with Gasteiger partial charge in [0.15, 0.2) is 4.90 Å². The van der Waals surface area contributed by atoms with Crippen LogP contribution in [0.25, 0.3) is 0 Å². The Bertz CT molecular complexity index is 586. The molecule has 0 radical (unpaired) electrons. The van der Waals surface area contributed by atoms with Crippen molar-refractivity contribution >= 4 is 10.0 Å². The first-order valence-electron chi connectivity index (χ1n) is 6.49. The first-order valence-corrected chi connectivity index (χ1v) is 7.97. The second-order valence-corrected chi connectivity index (χ2v) is 6.56. The maximum absolute atomic E-state index is 12.5. The molecule has 0 unspecified atom stereocenters. The highest BCUT2D eigenvalue weighted by atomic mass is 32.2. The minimum absolute atomic E-state index is 0.0335. The molecule has 1 fully saturated rings. The van der Waals surface area contributed by atoms with Crippen molar-refractivity contribution in [3.63, 3.8) is 0 Å². The predicted octanol–water partition coefficient (Wildman–Crippen LogP) is 0.480. The van der Waals surface area contributed by atoms with E-state index in [-0.39, 0.29) is 28.5 Å². The molecule has 0 spiro atoms. The number of nitrogens with two attached hydrogens (primary N) is 1. The minimum Gasteiger partial charge on any atom is -0.496 e. The zero-order chi connectivity index (χ0) is 15.6. The van der Waals surface area contributed by atoms with Gasteiger partial charge in [0, 0.05) is 24.2 Å². The molecule has 118 valence electrons. The second-order valence-electron chi connectivity index (χ2n) is 4.91. The number of methoxy groups -OCH3 is 3. The maximum Gasteiger partial charge on any atom is 0.248 e. The Balaban J connectivity index is 2.40. The largest absolute Gasteiger partial charge is 0.496 e. The third-order valence-corrected chi connectivity index (χ3v) is 5.02. The molecule has 0 atom stereocenters. The van der Waals surface area contributed by atoms with E-state index in [1.807, 2.05) is 0 Å². The molecular weight excluding hydrogens is 296 g/mol. The Kier molecular flexibility index (Phi) is 4.60. The predicted molar refractivity (Wildman–Crippen MR) is 77.4 cm³/mol. The van der Waals surface area contributed by atoms with E-state index in [9.17, 15) is 8.42 Å². The van der Waals surface area contributed by atoms with Crippen molar-refractivity contribution in [2.24, 2.45) is 5.73 Å². The van der Waals surface area contributed by atoms with Crippen LogP contribution in [0.2, 0.25) is 0 Å². The van der Waals surface area contributed by atoms with Crippen molar-refractivity contribution in [2.75, 3.05) is 21.3 Å². The number of ether oxygens (including phenoxy) is 3. The topological polar surface area (TPSA) is 99.9 Å². The van der Waals surface area contributed by atoms with E-state index in [1.54, 1.807) is 0 Å². The lowest BCUT2D eigenvalue weighted by Gasteiger charge is -2.32. The summed E-state index contributed by atoms with van der Waals surface area (Å²) in [4.78, 5) is -0.0335. The van der Waals surface area contributed by atoms with Crippen LogP contribution in [-0.2, 0) is 10.0 Å². The fourth-order valence-electron chi connectivity index (χ4n) is 2.27. The summed E-state index contributed by atoms with van der Waals surface area (Å²) in [6, 6.07) is 2.91. The van der Waals surface area contributed by atoms with Gasteiger partial charge in [0.05, 0.1) is 21.3 Å². The van der Waals surface area contributed by atoms with E-state index in [4.69, 9.17) is 19.9 Å². The Morgan fingerprint density at radius 2 is 1.62 bits per heavy atom. The molecule has 0 saturated heterocycles. The lowest BCUT2D eigenvalue weighted by molar-refractivity contribution is 0.324. The third-order valence-electron chi connectivity index (χ3n) is 3.43. The van der Waals surface area contributed by atoms with Crippen LogP contribution in [0.3, 0.4) is 0 Å². The molecule has 1 aliphatic carbocycles. The molecule has 2 rings (SSSR count). The van der Waals surface area contributed by atoms with Crippen molar-refractivity contribution < 1.29 is 22.6 Å². The van der Waals surface area contributed by atoms with Crippen molar-refractivity contribution in [1.82, 2.24) is 4.72 Å². The monoisotopic (exact) mass is 316 g/mol. The van der Waals surface area contributed by atoms with Gasteiger partial charge in [0.1, 0.15) is 17.2 Å². The summed E-state index contributed by atoms with van der Waals surface area (Å²) in [6.45, 7) is 0. The number of benzene rings is 1. The molecule has 1 aliphatic rings. The summed E-state index contributed by atoms with van der Waals surface area (Å²) in [7, 11) is 0.508. The average Bonchev–Trinajstić information content (AvgIpc) is 2.43. The van der Waals surface area contributed by atoms with E-state index >= 15 is 0 Å². The van der Waals surface area contributed by atoms with Crippen molar-refractivity contribution in [1.29, 1.82) is 0 Å².